The number of rotatable bonds is 1. The highest BCUT2D eigenvalue weighted by atomic mass is 19.1. The van der Waals surface area contributed by atoms with Gasteiger partial charge in [0.1, 0.15) is 11.6 Å². The fourth-order valence-corrected chi connectivity index (χ4v) is 2.36. The fourth-order valence-electron chi connectivity index (χ4n) is 2.36. The van der Waals surface area contributed by atoms with Crippen LogP contribution in [0.2, 0.25) is 0 Å². The SMILES string of the molecule is C[C@@H]1Cc2nc(-c3ccc(F)cc3)cc(=O)n2C1. The zero-order valence-corrected chi connectivity index (χ0v) is 10.1. The Morgan fingerprint density at radius 2 is 2.06 bits per heavy atom. The molecule has 0 bridgehead atoms. The Labute approximate surface area is 104 Å². The number of aromatic nitrogens is 2. The second kappa shape index (κ2) is 4.05. The minimum absolute atomic E-state index is 0.0244. The van der Waals surface area contributed by atoms with Crippen LogP contribution in [0.4, 0.5) is 4.39 Å². The zero-order chi connectivity index (χ0) is 12.7. The van der Waals surface area contributed by atoms with Crippen molar-refractivity contribution in [2.75, 3.05) is 0 Å². The number of halogens is 1. The lowest BCUT2D eigenvalue weighted by Crippen LogP contribution is -2.20. The van der Waals surface area contributed by atoms with E-state index in [2.05, 4.69) is 11.9 Å². The number of benzene rings is 1. The Bertz CT molecular complexity index is 646. The van der Waals surface area contributed by atoms with E-state index in [1.165, 1.54) is 18.2 Å². The van der Waals surface area contributed by atoms with E-state index in [1.807, 2.05) is 0 Å². The second-order valence-corrected chi connectivity index (χ2v) is 4.82. The molecule has 92 valence electrons. The summed E-state index contributed by atoms with van der Waals surface area (Å²) in [7, 11) is 0. The lowest BCUT2D eigenvalue weighted by molar-refractivity contribution is 0.557. The number of hydrogen-bond donors (Lipinski definition) is 0. The van der Waals surface area contributed by atoms with Gasteiger partial charge in [-0.15, -0.1) is 0 Å². The van der Waals surface area contributed by atoms with Crippen LogP contribution < -0.4 is 5.56 Å². The maximum absolute atomic E-state index is 12.9. The van der Waals surface area contributed by atoms with Crippen molar-refractivity contribution in [3.63, 3.8) is 0 Å². The van der Waals surface area contributed by atoms with Crippen molar-refractivity contribution in [3.8, 4) is 11.3 Å². The fraction of sp³-hybridized carbons (Fsp3) is 0.286. The molecule has 1 aliphatic rings. The van der Waals surface area contributed by atoms with Gasteiger partial charge in [-0.3, -0.25) is 9.36 Å². The summed E-state index contributed by atoms with van der Waals surface area (Å²) in [5.74, 6) is 0.994. The topological polar surface area (TPSA) is 34.9 Å². The van der Waals surface area contributed by atoms with Crippen LogP contribution in [-0.4, -0.2) is 9.55 Å². The van der Waals surface area contributed by atoms with Gasteiger partial charge in [0.05, 0.1) is 5.69 Å². The third-order valence-electron chi connectivity index (χ3n) is 3.25. The molecule has 0 spiro atoms. The van der Waals surface area contributed by atoms with Gasteiger partial charge in [-0.2, -0.15) is 0 Å². The van der Waals surface area contributed by atoms with Gasteiger partial charge in [0.25, 0.3) is 5.56 Å². The Hall–Kier alpha value is -1.97. The molecule has 1 aromatic carbocycles. The highest BCUT2D eigenvalue weighted by Crippen LogP contribution is 2.21. The van der Waals surface area contributed by atoms with Gasteiger partial charge in [0.2, 0.25) is 0 Å². The van der Waals surface area contributed by atoms with Gasteiger partial charge < -0.3 is 0 Å². The molecule has 2 heterocycles. The monoisotopic (exact) mass is 244 g/mol. The van der Waals surface area contributed by atoms with Crippen molar-refractivity contribution in [2.45, 2.75) is 19.9 Å². The molecular weight excluding hydrogens is 231 g/mol. The highest BCUT2D eigenvalue weighted by molar-refractivity contribution is 5.58. The standard InChI is InChI=1S/C14H13FN2O/c1-9-6-13-16-12(7-14(18)17(13)8-9)10-2-4-11(15)5-3-10/h2-5,7,9H,6,8H2,1H3/t9-/m1/s1. The summed E-state index contributed by atoms with van der Waals surface area (Å²) in [6, 6.07) is 7.57. The zero-order valence-electron chi connectivity index (χ0n) is 10.1. The summed E-state index contributed by atoms with van der Waals surface area (Å²) >= 11 is 0. The molecule has 1 atom stereocenters. The highest BCUT2D eigenvalue weighted by Gasteiger charge is 2.20. The van der Waals surface area contributed by atoms with E-state index in [9.17, 15) is 9.18 Å². The van der Waals surface area contributed by atoms with Crippen molar-refractivity contribution in [2.24, 2.45) is 5.92 Å². The minimum atomic E-state index is -0.287. The van der Waals surface area contributed by atoms with Crippen LogP contribution in [0.25, 0.3) is 11.3 Å². The van der Waals surface area contributed by atoms with Gasteiger partial charge in [0.15, 0.2) is 0 Å². The molecule has 0 unspecified atom stereocenters. The minimum Gasteiger partial charge on any atom is -0.296 e. The largest absolute Gasteiger partial charge is 0.296 e. The molecule has 18 heavy (non-hydrogen) atoms. The summed E-state index contributed by atoms with van der Waals surface area (Å²) < 4.78 is 14.6. The van der Waals surface area contributed by atoms with Crippen LogP contribution in [0.5, 0.6) is 0 Å². The van der Waals surface area contributed by atoms with Crippen molar-refractivity contribution in [3.05, 3.63) is 52.3 Å². The molecule has 0 amide bonds. The molecule has 0 aliphatic carbocycles. The third-order valence-corrected chi connectivity index (χ3v) is 3.25. The predicted octanol–water partition coefficient (Wildman–Crippen LogP) is 2.24. The molecule has 0 saturated heterocycles. The van der Waals surface area contributed by atoms with E-state index in [1.54, 1.807) is 16.7 Å². The molecule has 3 rings (SSSR count). The first kappa shape index (κ1) is 11.1. The van der Waals surface area contributed by atoms with Crippen molar-refractivity contribution < 1.29 is 4.39 Å². The van der Waals surface area contributed by atoms with Gasteiger partial charge >= 0.3 is 0 Å². The van der Waals surface area contributed by atoms with Gasteiger partial charge in [0, 0.05) is 24.6 Å². The third kappa shape index (κ3) is 1.83. The normalized spacial score (nSPS) is 17.8. The molecule has 1 aliphatic heterocycles. The summed E-state index contributed by atoms with van der Waals surface area (Å²) in [4.78, 5) is 16.5. The Morgan fingerprint density at radius 3 is 2.78 bits per heavy atom. The Morgan fingerprint density at radius 1 is 1.33 bits per heavy atom. The molecule has 3 nitrogen and oxygen atoms in total. The molecule has 0 N–H and O–H groups in total. The first-order valence-electron chi connectivity index (χ1n) is 6.00. The van der Waals surface area contributed by atoms with Gasteiger partial charge in [-0.25, -0.2) is 9.37 Å². The van der Waals surface area contributed by atoms with Crippen molar-refractivity contribution in [1.29, 1.82) is 0 Å². The molecule has 0 saturated carbocycles. The first-order chi connectivity index (χ1) is 8.63. The molecular formula is C14H13FN2O. The number of fused-ring (bicyclic) bond motifs is 1. The van der Waals surface area contributed by atoms with E-state index < -0.39 is 0 Å². The van der Waals surface area contributed by atoms with E-state index in [4.69, 9.17) is 0 Å². The summed E-state index contributed by atoms with van der Waals surface area (Å²) in [6.45, 7) is 2.84. The molecule has 1 aromatic heterocycles. The Balaban J connectivity index is 2.10. The maximum Gasteiger partial charge on any atom is 0.254 e. The molecule has 4 heteroatoms. The van der Waals surface area contributed by atoms with Crippen LogP contribution in [0.3, 0.4) is 0 Å². The summed E-state index contributed by atoms with van der Waals surface area (Å²) in [5, 5.41) is 0. The number of hydrogen-bond acceptors (Lipinski definition) is 2. The van der Waals surface area contributed by atoms with E-state index in [0.717, 1.165) is 24.4 Å². The predicted molar refractivity (Wildman–Crippen MR) is 66.8 cm³/mol. The van der Waals surface area contributed by atoms with Crippen LogP contribution in [-0.2, 0) is 13.0 Å². The van der Waals surface area contributed by atoms with Crippen molar-refractivity contribution >= 4 is 0 Å². The summed E-state index contributed by atoms with van der Waals surface area (Å²) in [6.07, 6.45) is 0.824. The van der Waals surface area contributed by atoms with Gasteiger partial charge in [-0.05, 0) is 30.2 Å². The van der Waals surface area contributed by atoms with Crippen molar-refractivity contribution in [1.82, 2.24) is 9.55 Å². The lowest BCUT2D eigenvalue weighted by Gasteiger charge is -2.05. The Kier molecular flexibility index (Phi) is 2.51. The van der Waals surface area contributed by atoms with E-state index in [0.29, 0.717) is 11.6 Å². The van der Waals surface area contributed by atoms with E-state index in [-0.39, 0.29) is 11.4 Å². The molecule has 0 radical (unpaired) electrons. The molecule has 2 aromatic rings. The summed E-state index contributed by atoms with van der Waals surface area (Å²) in [5.41, 5.74) is 1.38. The maximum atomic E-state index is 12.9. The van der Waals surface area contributed by atoms with Crippen LogP contribution in [0, 0.1) is 11.7 Å². The first-order valence-corrected chi connectivity index (χ1v) is 6.00. The van der Waals surface area contributed by atoms with Crippen LogP contribution in [0.1, 0.15) is 12.7 Å². The average molecular weight is 244 g/mol. The van der Waals surface area contributed by atoms with Gasteiger partial charge in [-0.1, -0.05) is 6.92 Å². The average Bonchev–Trinajstić information content (AvgIpc) is 2.71. The smallest absolute Gasteiger partial charge is 0.254 e. The van der Waals surface area contributed by atoms with Crippen LogP contribution >= 0.6 is 0 Å². The number of nitrogens with zero attached hydrogens (tertiary/aromatic N) is 2. The molecule has 0 fully saturated rings. The lowest BCUT2D eigenvalue weighted by atomic mass is 10.1. The quantitative estimate of drug-likeness (QED) is 0.771. The second-order valence-electron chi connectivity index (χ2n) is 4.82. The van der Waals surface area contributed by atoms with Crippen LogP contribution in [0.15, 0.2) is 35.1 Å². The van der Waals surface area contributed by atoms with E-state index >= 15 is 0 Å².